The molecule has 2 heterocycles. The van der Waals surface area contributed by atoms with E-state index in [1.54, 1.807) is 14.2 Å². The van der Waals surface area contributed by atoms with Gasteiger partial charge in [0.05, 0.1) is 25.3 Å². The maximum atomic E-state index is 5.97. The lowest BCUT2D eigenvalue weighted by molar-refractivity contribution is 0.414. The van der Waals surface area contributed by atoms with Crippen molar-refractivity contribution in [2.45, 2.75) is 13.3 Å². The molecule has 4 aromatic carbocycles. The summed E-state index contributed by atoms with van der Waals surface area (Å²) in [6.45, 7) is 2.17. The van der Waals surface area contributed by atoms with Crippen molar-refractivity contribution in [2.75, 3.05) is 14.2 Å². The first kappa shape index (κ1) is 18.8. The Morgan fingerprint density at radius 2 is 1.31 bits per heavy atom. The van der Waals surface area contributed by atoms with Crippen molar-refractivity contribution < 1.29 is 9.47 Å². The fourth-order valence-electron chi connectivity index (χ4n) is 5.01. The number of fused-ring (bicyclic) bond motifs is 6. The third kappa shape index (κ3) is 2.69. The lowest BCUT2D eigenvalue weighted by atomic mass is 9.95. The third-order valence-corrected chi connectivity index (χ3v) is 6.53. The Bertz CT molecular complexity index is 1640. The molecule has 0 amide bonds. The molecule has 32 heavy (non-hydrogen) atoms. The molecule has 0 saturated carbocycles. The molecule has 0 aliphatic rings. The quantitative estimate of drug-likeness (QED) is 0.327. The molecular weight excluding hydrogens is 396 g/mol. The van der Waals surface area contributed by atoms with Gasteiger partial charge in [-0.25, -0.2) is 0 Å². The minimum Gasteiger partial charge on any atom is -0.495 e. The van der Waals surface area contributed by atoms with Crippen LogP contribution in [0, 0.1) is 6.92 Å². The van der Waals surface area contributed by atoms with Gasteiger partial charge >= 0.3 is 0 Å². The molecule has 0 unspecified atom stereocenters. The number of methoxy groups -OCH3 is 2. The fourth-order valence-corrected chi connectivity index (χ4v) is 5.01. The van der Waals surface area contributed by atoms with Gasteiger partial charge in [-0.3, -0.25) is 0 Å². The van der Waals surface area contributed by atoms with Gasteiger partial charge in [-0.05, 0) is 48.4 Å². The van der Waals surface area contributed by atoms with Crippen LogP contribution in [0.2, 0.25) is 0 Å². The predicted octanol–water partition coefficient (Wildman–Crippen LogP) is 6.87. The highest BCUT2D eigenvalue weighted by molar-refractivity contribution is 6.11. The smallest absolute Gasteiger partial charge is 0.146 e. The number of nitrogens with one attached hydrogen (secondary N) is 2. The SMILES string of the molecule is COc1cc(Cc2c(C)cc3c([nH]c4ccccc43)c2OC)cc2c1[nH]c1ccccc12. The number of benzene rings is 4. The summed E-state index contributed by atoms with van der Waals surface area (Å²) in [6.07, 6.45) is 0.756. The molecule has 6 rings (SSSR count). The third-order valence-electron chi connectivity index (χ3n) is 6.53. The van der Waals surface area contributed by atoms with Gasteiger partial charge in [0.2, 0.25) is 0 Å². The van der Waals surface area contributed by atoms with E-state index in [4.69, 9.17) is 9.47 Å². The van der Waals surface area contributed by atoms with Crippen molar-refractivity contribution >= 4 is 43.6 Å². The summed E-state index contributed by atoms with van der Waals surface area (Å²) in [5.74, 6) is 1.77. The normalized spacial score (nSPS) is 11.7. The Labute approximate surface area is 185 Å². The van der Waals surface area contributed by atoms with Crippen LogP contribution >= 0.6 is 0 Å². The van der Waals surface area contributed by atoms with Crippen LogP contribution in [0.25, 0.3) is 43.6 Å². The monoisotopic (exact) mass is 420 g/mol. The number of aryl methyl sites for hydroxylation is 1. The number of aromatic amines is 2. The molecule has 0 atom stereocenters. The molecule has 0 aliphatic heterocycles. The van der Waals surface area contributed by atoms with Gasteiger partial charge in [-0.1, -0.05) is 36.4 Å². The van der Waals surface area contributed by atoms with Crippen LogP contribution in [-0.2, 0) is 6.42 Å². The molecule has 0 radical (unpaired) electrons. The summed E-state index contributed by atoms with van der Waals surface area (Å²) in [5, 5.41) is 4.80. The van der Waals surface area contributed by atoms with E-state index in [0.717, 1.165) is 40.0 Å². The van der Waals surface area contributed by atoms with Gasteiger partial charge in [0, 0.05) is 44.6 Å². The first-order valence-corrected chi connectivity index (χ1v) is 10.8. The first-order chi connectivity index (χ1) is 15.7. The van der Waals surface area contributed by atoms with E-state index >= 15 is 0 Å². The minimum atomic E-state index is 0.756. The second kappa shape index (κ2) is 7.06. The highest BCUT2D eigenvalue weighted by Crippen LogP contribution is 2.39. The maximum Gasteiger partial charge on any atom is 0.146 e. The zero-order chi connectivity index (χ0) is 21.8. The number of hydrogen-bond acceptors (Lipinski definition) is 2. The van der Waals surface area contributed by atoms with Crippen molar-refractivity contribution in [2.24, 2.45) is 0 Å². The number of hydrogen-bond donors (Lipinski definition) is 2. The molecule has 158 valence electrons. The molecule has 4 nitrogen and oxygen atoms in total. The van der Waals surface area contributed by atoms with Gasteiger partial charge in [0.25, 0.3) is 0 Å². The molecular formula is C28H24N2O2. The van der Waals surface area contributed by atoms with Gasteiger partial charge in [-0.15, -0.1) is 0 Å². The van der Waals surface area contributed by atoms with Crippen LogP contribution in [0.3, 0.4) is 0 Å². The number of ether oxygens (including phenoxy) is 2. The number of rotatable bonds is 4. The van der Waals surface area contributed by atoms with Crippen molar-refractivity contribution in [3.8, 4) is 11.5 Å². The van der Waals surface area contributed by atoms with Gasteiger partial charge < -0.3 is 19.4 Å². The summed E-state index contributed by atoms with van der Waals surface area (Å²) in [4.78, 5) is 7.08. The Hall–Kier alpha value is -3.92. The highest BCUT2D eigenvalue weighted by atomic mass is 16.5. The topological polar surface area (TPSA) is 50.0 Å². The largest absolute Gasteiger partial charge is 0.495 e. The van der Waals surface area contributed by atoms with Crippen molar-refractivity contribution in [3.63, 3.8) is 0 Å². The molecule has 0 fully saturated rings. The Morgan fingerprint density at radius 3 is 1.97 bits per heavy atom. The molecule has 6 aromatic rings. The van der Waals surface area contributed by atoms with Gasteiger partial charge in [0.1, 0.15) is 11.5 Å². The van der Waals surface area contributed by atoms with E-state index in [2.05, 4.69) is 83.6 Å². The van der Waals surface area contributed by atoms with Crippen molar-refractivity contribution in [1.29, 1.82) is 0 Å². The van der Waals surface area contributed by atoms with E-state index in [9.17, 15) is 0 Å². The summed E-state index contributed by atoms with van der Waals surface area (Å²) in [6, 6.07) is 23.5. The second-order valence-electron chi connectivity index (χ2n) is 8.37. The molecule has 2 aromatic heterocycles. The number of H-pyrrole nitrogens is 2. The van der Waals surface area contributed by atoms with Crippen LogP contribution in [0.5, 0.6) is 11.5 Å². The lowest BCUT2D eigenvalue weighted by Crippen LogP contribution is -1.99. The predicted molar refractivity (Wildman–Crippen MR) is 132 cm³/mol. The standard InChI is InChI=1S/C28H24N2O2/c1-16-12-21-18-8-4-7-11-24(18)30-27(21)28(32-3)20(16)13-17-14-22-19-9-5-6-10-23(19)29-26(22)25(15-17)31-2/h4-12,14-15,29-30H,13H2,1-3H3. The highest BCUT2D eigenvalue weighted by Gasteiger charge is 2.18. The van der Waals surface area contributed by atoms with Crippen LogP contribution in [0.15, 0.2) is 66.7 Å². The number of para-hydroxylation sites is 2. The molecule has 0 saturated heterocycles. The molecule has 0 bridgehead atoms. The van der Waals surface area contributed by atoms with Crippen LogP contribution in [-0.4, -0.2) is 24.2 Å². The lowest BCUT2D eigenvalue weighted by Gasteiger charge is -2.14. The summed E-state index contributed by atoms with van der Waals surface area (Å²) >= 11 is 0. The summed E-state index contributed by atoms with van der Waals surface area (Å²) in [5.41, 5.74) is 7.92. The zero-order valence-electron chi connectivity index (χ0n) is 18.4. The van der Waals surface area contributed by atoms with Crippen molar-refractivity contribution in [1.82, 2.24) is 9.97 Å². The maximum absolute atomic E-state index is 5.97. The van der Waals surface area contributed by atoms with Crippen LogP contribution in [0.4, 0.5) is 0 Å². The van der Waals surface area contributed by atoms with Gasteiger partial charge in [0.15, 0.2) is 0 Å². The average Bonchev–Trinajstić information content (AvgIpc) is 3.37. The van der Waals surface area contributed by atoms with E-state index in [1.165, 1.54) is 38.2 Å². The average molecular weight is 421 g/mol. The Kier molecular flexibility index (Phi) is 4.15. The van der Waals surface area contributed by atoms with E-state index in [0.29, 0.717) is 0 Å². The fraction of sp³-hybridized carbons (Fsp3) is 0.143. The van der Waals surface area contributed by atoms with Crippen LogP contribution in [0.1, 0.15) is 16.7 Å². The Balaban J connectivity index is 1.56. The molecule has 2 N–H and O–H groups in total. The zero-order valence-corrected chi connectivity index (χ0v) is 18.4. The number of aromatic nitrogens is 2. The van der Waals surface area contributed by atoms with Gasteiger partial charge in [-0.2, -0.15) is 0 Å². The molecule has 0 spiro atoms. The molecule has 4 heteroatoms. The van der Waals surface area contributed by atoms with E-state index < -0.39 is 0 Å². The first-order valence-electron chi connectivity index (χ1n) is 10.8. The van der Waals surface area contributed by atoms with E-state index in [1.807, 2.05) is 0 Å². The van der Waals surface area contributed by atoms with Crippen molar-refractivity contribution in [3.05, 3.63) is 83.4 Å². The summed E-state index contributed by atoms with van der Waals surface area (Å²) < 4.78 is 11.7. The van der Waals surface area contributed by atoms with E-state index in [-0.39, 0.29) is 0 Å². The molecule has 0 aliphatic carbocycles. The summed E-state index contributed by atoms with van der Waals surface area (Å²) in [7, 11) is 3.49. The second-order valence-corrected chi connectivity index (χ2v) is 8.37. The minimum absolute atomic E-state index is 0.756. The Morgan fingerprint density at radius 1 is 0.688 bits per heavy atom. The van der Waals surface area contributed by atoms with Crippen LogP contribution < -0.4 is 9.47 Å².